The number of methoxy groups -OCH3 is 1. The zero-order valence-electron chi connectivity index (χ0n) is 8.38. The molecule has 0 spiro atoms. The first-order valence-corrected chi connectivity index (χ1v) is 4.64. The van der Waals surface area contributed by atoms with Crippen molar-refractivity contribution in [3.8, 4) is 0 Å². The van der Waals surface area contributed by atoms with Crippen LogP contribution in [0, 0.1) is 0 Å². The van der Waals surface area contributed by atoms with Gasteiger partial charge in [0.25, 0.3) is 0 Å². The van der Waals surface area contributed by atoms with Crippen LogP contribution in [0.3, 0.4) is 0 Å². The minimum absolute atomic E-state index is 0.233. The Morgan fingerprint density at radius 3 is 2.77 bits per heavy atom. The molecule has 1 unspecified atom stereocenters. The number of carboxylic acid groups (broad SMARTS) is 1. The van der Waals surface area contributed by atoms with Gasteiger partial charge in [-0.15, -0.1) is 0 Å². The van der Waals surface area contributed by atoms with Crippen LogP contribution in [0.25, 0.3) is 0 Å². The molecule has 0 saturated carbocycles. The Kier molecular flexibility index (Phi) is 7.63. The van der Waals surface area contributed by atoms with Crippen LogP contribution in [0.4, 0.5) is 0 Å². The second-order valence-corrected chi connectivity index (χ2v) is 3.01. The first-order valence-electron chi connectivity index (χ1n) is 4.64. The molecule has 0 aromatic rings. The molecule has 0 amide bonds. The van der Waals surface area contributed by atoms with E-state index in [4.69, 9.17) is 9.84 Å². The van der Waals surface area contributed by atoms with Crippen LogP contribution in [0.5, 0.6) is 0 Å². The van der Waals surface area contributed by atoms with Crippen molar-refractivity contribution in [2.75, 3.05) is 20.3 Å². The minimum Gasteiger partial charge on any atom is -0.481 e. The van der Waals surface area contributed by atoms with Crippen LogP contribution in [0.15, 0.2) is 0 Å². The molecular weight excluding hydrogens is 170 g/mol. The van der Waals surface area contributed by atoms with Gasteiger partial charge in [0.15, 0.2) is 0 Å². The number of rotatable bonds is 8. The zero-order chi connectivity index (χ0) is 10.1. The van der Waals surface area contributed by atoms with Gasteiger partial charge in [-0.25, -0.2) is 0 Å². The van der Waals surface area contributed by atoms with Gasteiger partial charge in [-0.1, -0.05) is 6.92 Å². The third-order valence-corrected chi connectivity index (χ3v) is 1.86. The van der Waals surface area contributed by atoms with E-state index in [1.807, 2.05) is 0 Å². The number of aliphatic carboxylic acids is 1. The lowest BCUT2D eigenvalue weighted by Crippen LogP contribution is -2.33. The highest BCUT2D eigenvalue weighted by Crippen LogP contribution is 1.93. The van der Waals surface area contributed by atoms with Crippen molar-refractivity contribution < 1.29 is 14.6 Å². The number of nitrogens with one attached hydrogen (secondary N) is 1. The van der Waals surface area contributed by atoms with Gasteiger partial charge < -0.3 is 15.2 Å². The molecule has 0 heterocycles. The number of hydrogen-bond acceptors (Lipinski definition) is 3. The van der Waals surface area contributed by atoms with Crippen LogP contribution in [-0.4, -0.2) is 37.4 Å². The van der Waals surface area contributed by atoms with E-state index < -0.39 is 5.97 Å². The Labute approximate surface area is 79.3 Å². The van der Waals surface area contributed by atoms with Gasteiger partial charge in [0.1, 0.15) is 0 Å². The normalized spacial score (nSPS) is 12.8. The topological polar surface area (TPSA) is 58.6 Å². The first kappa shape index (κ1) is 12.4. The fourth-order valence-corrected chi connectivity index (χ4v) is 1.07. The van der Waals surface area contributed by atoms with Crippen LogP contribution in [0.2, 0.25) is 0 Å². The van der Waals surface area contributed by atoms with E-state index in [1.165, 1.54) is 0 Å². The summed E-state index contributed by atoms with van der Waals surface area (Å²) in [6.45, 7) is 3.51. The largest absolute Gasteiger partial charge is 0.481 e. The monoisotopic (exact) mass is 189 g/mol. The average Bonchev–Trinajstić information content (AvgIpc) is 2.10. The molecule has 0 aliphatic carbocycles. The van der Waals surface area contributed by atoms with E-state index >= 15 is 0 Å². The molecule has 0 fully saturated rings. The maximum Gasteiger partial charge on any atom is 0.303 e. The highest BCUT2D eigenvalue weighted by molar-refractivity contribution is 5.66. The highest BCUT2D eigenvalue weighted by Gasteiger charge is 2.04. The number of carboxylic acids is 1. The van der Waals surface area contributed by atoms with E-state index in [-0.39, 0.29) is 6.42 Å². The molecule has 13 heavy (non-hydrogen) atoms. The summed E-state index contributed by atoms with van der Waals surface area (Å²) in [6.07, 6.45) is 1.91. The third kappa shape index (κ3) is 7.74. The molecular formula is C9H19NO3. The third-order valence-electron chi connectivity index (χ3n) is 1.86. The SMILES string of the molecule is CCC(COC)NCCCC(=O)O. The summed E-state index contributed by atoms with van der Waals surface area (Å²) >= 11 is 0. The fourth-order valence-electron chi connectivity index (χ4n) is 1.07. The Morgan fingerprint density at radius 1 is 1.62 bits per heavy atom. The van der Waals surface area contributed by atoms with Gasteiger partial charge in [0.05, 0.1) is 6.61 Å². The molecule has 0 saturated heterocycles. The van der Waals surface area contributed by atoms with Crippen molar-refractivity contribution in [1.82, 2.24) is 5.32 Å². The quantitative estimate of drug-likeness (QED) is 0.556. The van der Waals surface area contributed by atoms with Gasteiger partial charge >= 0.3 is 5.97 Å². The zero-order valence-corrected chi connectivity index (χ0v) is 8.38. The summed E-state index contributed by atoms with van der Waals surface area (Å²) < 4.78 is 4.99. The predicted octanol–water partition coefficient (Wildman–Crippen LogP) is 0.866. The maximum absolute atomic E-state index is 10.2. The van der Waals surface area contributed by atoms with Gasteiger partial charge in [-0.2, -0.15) is 0 Å². The van der Waals surface area contributed by atoms with E-state index in [1.54, 1.807) is 7.11 Å². The standard InChI is InChI=1S/C9H19NO3/c1-3-8(7-13-2)10-6-4-5-9(11)12/h8,10H,3-7H2,1-2H3,(H,11,12). The van der Waals surface area contributed by atoms with Crippen molar-refractivity contribution in [1.29, 1.82) is 0 Å². The van der Waals surface area contributed by atoms with Gasteiger partial charge in [-0.3, -0.25) is 4.79 Å². The fraction of sp³-hybridized carbons (Fsp3) is 0.889. The Morgan fingerprint density at radius 2 is 2.31 bits per heavy atom. The van der Waals surface area contributed by atoms with Crippen LogP contribution in [-0.2, 0) is 9.53 Å². The summed E-state index contributed by atoms with van der Waals surface area (Å²) in [5.74, 6) is -0.735. The molecule has 0 aliphatic rings. The van der Waals surface area contributed by atoms with E-state index in [0.29, 0.717) is 19.1 Å². The van der Waals surface area contributed by atoms with E-state index in [9.17, 15) is 4.79 Å². The average molecular weight is 189 g/mol. The number of hydrogen-bond donors (Lipinski definition) is 2. The molecule has 1 atom stereocenters. The lowest BCUT2D eigenvalue weighted by molar-refractivity contribution is -0.137. The molecule has 0 bridgehead atoms. The van der Waals surface area contributed by atoms with Gasteiger partial charge in [-0.05, 0) is 19.4 Å². The van der Waals surface area contributed by atoms with Gasteiger partial charge in [0, 0.05) is 19.6 Å². The van der Waals surface area contributed by atoms with Crippen molar-refractivity contribution >= 4 is 5.97 Å². The summed E-state index contributed by atoms with van der Waals surface area (Å²) in [4.78, 5) is 10.2. The molecule has 4 nitrogen and oxygen atoms in total. The predicted molar refractivity (Wildman–Crippen MR) is 50.8 cm³/mol. The van der Waals surface area contributed by atoms with Crippen molar-refractivity contribution in [3.05, 3.63) is 0 Å². The molecule has 4 heteroatoms. The van der Waals surface area contributed by atoms with E-state index in [2.05, 4.69) is 12.2 Å². The number of carbonyl (C=O) groups is 1. The molecule has 0 aromatic heterocycles. The molecule has 0 aliphatic heterocycles. The summed E-state index contributed by atoms with van der Waals surface area (Å²) in [6, 6.07) is 0.346. The van der Waals surface area contributed by atoms with Crippen LogP contribution in [0.1, 0.15) is 26.2 Å². The van der Waals surface area contributed by atoms with Crippen molar-refractivity contribution in [2.24, 2.45) is 0 Å². The lowest BCUT2D eigenvalue weighted by atomic mass is 10.2. The maximum atomic E-state index is 10.2. The van der Waals surface area contributed by atoms with E-state index in [0.717, 1.165) is 13.0 Å². The molecule has 2 N–H and O–H groups in total. The molecule has 0 radical (unpaired) electrons. The first-order chi connectivity index (χ1) is 6.20. The van der Waals surface area contributed by atoms with Crippen LogP contribution >= 0.6 is 0 Å². The molecule has 0 aromatic carbocycles. The second-order valence-electron chi connectivity index (χ2n) is 3.01. The smallest absolute Gasteiger partial charge is 0.303 e. The van der Waals surface area contributed by atoms with Crippen molar-refractivity contribution in [3.63, 3.8) is 0 Å². The Bertz CT molecular complexity index is 139. The minimum atomic E-state index is -0.735. The summed E-state index contributed by atoms with van der Waals surface area (Å²) in [5.41, 5.74) is 0. The summed E-state index contributed by atoms with van der Waals surface area (Å²) in [7, 11) is 1.67. The Hall–Kier alpha value is -0.610. The Balaban J connectivity index is 3.32. The van der Waals surface area contributed by atoms with Crippen molar-refractivity contribution in [2.45, 2.75) is 32.2 Å². The lowest BCUT2D eigenvalue weighted by Gasteiger charge is -2.15. The van der Waals surface area contributed by atoms with Crippen LogP contribution < -0.4 is 5.32 Å². The van der Waals surface area contributed by atoms with Gasteiger partial charge in [0.2, 0.25) is 0 Å². The second kappa shape index (κ2) is 8.01. The number of ether oxygens (including phenoxy) is 1. The molecule has 0 rings (SSSR count). The highest BCUT2D eigenvalue weighted by atomic mass is 16.5. The molecule has 78 valence electrons. The summed E-state index contributed by atoms with van der Waals surface area (Å²) in [5, 5.41) is 11.6.